The lowest BCUT2D eigenvalue weighted by Gasteiger charge is -2.38. The lowest BCUT2D eigenvalue weighted by molar-refractivity contribution is 0.103. The van der Waals surface area contributed by atoms with Crippen LogP contribution in [0.5, 0.6) is 0 Å². The van der Waals surface area contributed by atoms with Gasteiger partial charge in [-0.15, -0.1) is 0 Å². The van der Waals surface area contributed by atoms with Gasteiger partial charge < -0.3 is 10.4 Å². The van der Waals surface area contributed by atoms with Gasteiger partial charge >= 0.3 is 0 Å². The average Bonchev–Trinajstić information content (AvgIpc) is 2.61. The van der Waals surface area contributed by atoms with Crippen LogP contribution in [0.25, 0.3) is 0 Å². The Bertz CT molecular complexity index is 336. The Balaban J connectivity index is 1.94. The van der Waals surface area contributed by atoms with Crippen molar-refractivity contribution in [2.24, 2.45) is 0 Å². The van der Waals surface area contributed by atoms with E-state index in [4.69, 9.17) is 0 Å². The zero-order valence-corrected chi connectivity index (χ0v) is 14.6. The van der Waals surface area contributed by atoms with E-state index < -0.39 is 0 Å². The number of aliphatic hydroxyl groups excluding tert-OH is 1. The van der Waals surface area contributed by atoms with Gasteiger partial charge in [0.1, 0.15) is 0 Å². The number of hydrogen-bond donors (Lipinski definition) is 2. The number of fused-ring (bicyclic) bond motifs is 2. The molecule has 0 saturated carbocycles. The minimum absolute atomic E-state index is 0.176. The maximum absolute atomic E-state index is 9.80. The first kappa shape index (κ1) is 17.2. The van der Waals surface area contributed by atoms with E-state index >= 15 is 0 Å². The maximum Gasteiger partial charge on any atom is 0.0611 e. The van der Waals surface area contributed by atoms with E-state index in [2.05, 4.69) is 49.9 Å². The van der Waals surface area contributed by atoms with E-state index in [-0.39, 0.29) is 12.1 Å². The number of hydrogen-bond acceptors (Lipinski definition) is 4. The Labute approximate surface area is 130 Å². The summed E-state index contributed by atoms with van der Waals surface area (Å²) < 4.78 is 0. The molecule has 2 aliphatic rings. The summed E-state index contributed by atoms with van der Waals surface area (Å²) in [5.74, 6) is 0. The molecule has 2 heterocycles. The number of nitrogens with zero attached hydrogens (tertiary/aromatic N) is 2. The van der Waals surface area contributed by atoms with Crippen LogP contribution in [0.1, 0.15) is 53.4 Å². The minimum atomic E-state index is -0.176. The summed E-state index contributed by atoms with van der Waals surface area (Å²) in [5.41, 5.74) is -0.176. The predicted octanol–water partition coefficient (Wildman–Crippen LogP) is 1.68. The summed E-state index contributed by atoms with van der Waals surface area (Å²) in [7, 11) is 2.30. The van der Waals surface area contributed by atoms with Crippen molar-refractivity contribution in [2.45, 2.75) is 83.1 Å². The van der Waals surface area contributed by atoms with Crippen molar-refractivity contribution in [3.8, 4) is 0 Å². The van der Waals surface area contributed by atoms with Gasteiger partial charge in [-0.3, -0.25) is 9.80 Å². The van der Waals surface area contributed by atoms with Crippen molar-refractivity contribution in [1.82, 2.24) is 15.1 Å². The van der Waals surface area contributed by atoms with E-state index in [1.807, 2.05) is 0 Å². The summed E-state index contributed by atoms with van der Waals surface area (Å²) in [6.45, 7) is 11.4. The molecule has 21 heavy (non-hydrogen) atoms. The van der Waals surface area contributed by atoms with Gasteiger partial charge in [-0.05, 0) is 53.1 Å². The van der Waals surface area contributed by atoms with Crippen molar-refractivity contribution in [1.29, 1.82) is 0 Å². The molecule has 0 amide bonds. The number of likely N-dealkylation sites (tertiary alicyclic amines) is 1. The first-order valence-corrected chi connectivity index (χ1v) is 8.69. The molecule has 0 aromatic carbocycles. The smallest absolute Gasteiger partial charge is 0.0611 e. The lowest BCUT2D eigenvalue weighted by Crippen LogP contribution is -2.53. The third kappa shape index (κ3) is 4.19. The average molecular weight is 297 g/mol. The molecule has 2 N–H and O–H groups in total. The topological polar surface area (TPSA) is 38.7 Å². The summed E-state index contributed by atoms with van der Waals surface area (Å²) in [6, 6.07) is 2.45. The molecule has 2 rings (SSSR count). The Morgan fingerprint density at radius 2 is 1.86 bits per heavy atom. The molecule has 0 radical (unpaired) electrons. The monoisotopic (exact) mass is 297 g/mol. The third-order valence-corrected chi connectivity index (χ3v) is 5.54. The number of rotatable bonds is 6. The minimum Gasteiger partial charge on any atom is -0.394 e. The van der Waals surface area contributed by atoms with Gasteiger partial charge in [-0.1, -0.05) is 13.8 Å². The van der Waals surface area contributed by atoms with Crippen LogP contribution in [-0.4, -0.2) is 71.4 Å². The van der Waals surface area contributed by atoms with Gasteiger partial charge in [-0.25, -0.2) is 0 Å². The van der Waals surface area contributed by atoms with Crippen LogP contribution in [0, 0.1) is 0 Å². The Kier molecular flexibility index (Phi) is 5.69. The molecular weight excluding hydrogens is 262 g/mol. The molecule has 0 spiro atoms. The highest BCUT2D eigenvalue weighted by Gasteiger charge is 2.37. The highest BCUT2D eigenvalue weighted by Crippen LogP contribution is 2.30. The molecule has 2 aliphatic heterocycles. The summed E-state index contributed by atoms with van der Waals surface area (Å²) in [5, 5.41) is 13.3. The van der Waals surface area contributed by atoms with E-state index in [0.717, 1.165) is 18.5 Å². The van der Waals surface area contributed by atoms with Crippen molar-refractivity contribution >= 4 is 0 Å². The molecule has 0 aromatic heterocycles. The van der Waals surface area contributed by atoms with E-state index in [1.54, 1.807) is 0 Å². The lowest BCUT2D eigenvalue weighted by atomic mass is 9.92. The molecule has 2 bridgehead atoms. The highest BCUT2D eigenvalue weighted by molar-refractivity contribution is 4.94. The second-order valence-electron chi connectivity index (χ2n) is 7.91. The zero-order valence-electron chi connectivity index (χ0n) is 14.6. The Morgan fingerprint density at radius 3 is 2.48 bits per heavy atom. The summed E-state index contributed by atoms with van der Waals surface area (Å²) >= 11 is 0. The Morgan fingerprint density at radius 1 is 1.19 bits per heavy atom. The fraction of sp³-hybridized carbons (Fsp3) is 1.00. The molecule has 2 fully saturated rings. The van der Waals surface area contributed by atoms with Crippen molar-refractivity contribution in [3.05, 3.63) is 0 Å². The molecule has 4 atom stereocenters. The van der Waals surface area contributed by atoms with E-state index in [1.165, 1.54) is 32.4 Å². The standard InChI is InChI=1S/C17H35N3O/c1-13(2)18-17(4,12-21)10-14(3)20-9-8-15-6-7-16(11-20)19(15)5/h13-16,18,21H,6-12H2,1-5H3. The van der Waals surface area contributed by atoms with Crippen molar-refractivity contribution in [3.63, 3.8) is 0 Å². The fourth-order valence-corrected chi connectivity index (χ4v) is 4.38. The van der Waals surface area contributed by atoms with Gasteiger partial charge in [0.15, 0.2) is 0 Å². The van der Waals surface area contributed by atoms with Crippen LogP contribution < -0.4 is 5.32 Å². The molecule has 4 nitrogen and oxygen atoms in total. The second-order valence-corrected chi connectivity index (χ2v) is 7.91. The predicted molar refractivity (Wildman–Crippen MR) is 88.6 cm³/mol. The van der Waals surface area contributed by atoms with Gasteiger partial charge in [0.2, 0.25) is 0 Å². The number of aliphatic hydroxyl groups is 1. The SMILES string of the molecule is CC(C)NC(C)(CO)CC(C)N1CCC2CCC(C1)N2C. The first-order valence-electron chi connectivity index (χ1n) is 8.69. The first-order chi connectivity index (χ1) is 9.84. The second kappa shape index (κ2) is 6.95. The van der Waals surface area contributed by atoms with Gasteiger partial charge in [0.25, 0.3) is 0 Å². The van der Waals surface area contributed by atoms with Crippen molar-refractivity contribution < 1.29 is 5.11 Å². The molecule has 0 aliphatic carbocycles. The van der Waals surface area contributed by atoms with Crippen LogP contribution >= 0.6 is 0 Å². The summed E-state index contributed by atoms with van der Waals surface area (Å²) in [6.07, 6.45) is 5.03. The van der Waals surface area contributed by atoms with Crippen LogP contribution in [0.2, 0.25) is 0 Å². The van der Waals surface area contributed by atoms with Crippen LogP contribution in [0.15, 0.2) is 0 Å². The zero-order chi connectivity index (χ0) is 15.6. The molecule has 4 heteroatoms. The molecule has 0 aromatic rings. The third-order valence-electron chi connectivity index (χ3n) is 5.54. The van der Waals surface area contributed by atoms with Gasteiger partial charge in [-0.2, -0.15) is 0 Å². The quantitative estimate of drug-likeness (QED) is 0.782. The van der Waals surface area contributed by atoms with E-state index in [9.17, 15) is 5.11 Å². The van der Waals surface area contributed by atoms with Crippen LogP contribution in [0.4, 0.5) is 0 Å². The highest BCUT2D eigenvalue weighted by atomic mass is 16.3. The van der Waals surface area contributed by atoms with Gasteiger partial charge in [0, 0.05) is 36.3 Å². The number of likely N-dealkylation sites (N-methyl/N-ethyl adjacent to an activating group) is 1. The van der Waals surface area contributed by atoms with Crippen LogP contribution in [-0.2, 0) is 0 Å². The van der Waals surface area contributed by atoms with Crippen molar-refractivity contribution in [2.75, 3.05) is 26.7 Å². The Hall–Kier alpha value is -0.160. The maximum atomic E-state index is 9.80. The molecule has 2 saturated heterocycles. The molecule has 124 valence electrons. The molecular formula is C17H35N3O. The van der Waals surface area contributed by atoms with Gasteiger partial charge in [0.05, 0.1) is 6.61 Å². The molecule has 4 unspecified atom stereocenters. The largest absolute Gasteiger partial charge is 0.394 e. The normalized spacial score (nSPS) is 32.1. The number of nitrogens with one attached hydrogen (secondary N) is 1. The summed E-state index contributed by atoms with van der Waals surface area (Å²) in [4.78, 5) is 5.25. The van der Waals surface area contributed by atoms with Crippen LogP contribution in [0.3, 0.4) is 0 Å². The fourth-order valence-electron chi connectivity index (χ4n) is 4.38. The van der Waals surface area contributed by atoms with E-state index in [0.29, 0.717) is 12.1 Å².